The Hall–Kier alpha value is -2.40. The van der Waals surface area contributed by atoms with Crippen LogP contribution in [0.3, 0.4) is 0 Å². The zero-order chi connectivity index (χ0) is 16.4. The van der Waals surface area contributed by atoms with Crippen LogP contribution in [-0.4, -0.2) is 21.0 Å². The van der Waals surface area contributed by atoms with Crippen molar-refractivity contribution in [3.63, 3.8) is 0 Å². The lowest BCUT2D eigenvalue weighted by Gasteiger charge is -2.12. The van der Waals surface area contributed by atoms with Gasteiger partial charge < -0.3 is 0 Å². The van der Waals surface area contributed by atoms with Crippen LogP contribution in [0.2, 0.25) is 0 Å². The summed E-state index contributed by atoms with van der Waals surface area (Å²) in [6.45, 7) is 4.17. The van der Waals surface area contributed by atoms with Crippen LogP contribution in [0.1, 0.15) is 22.5 Å². The van der Waals surface area contributed by atoms with Crippen LogP contribution in [-0.2, 0) is 11.3 Å². The van der Waals surface area contributed by atoms with Crippen molar-refractivity contribution in [3.05, 3.63) is 69.9 Å². The molecule has 1 aromatic heterocycles. The van der Waals surface area contributed by atoms with Gasteiger partial charge in [0.2, 0.25) is 0 Å². The van der Waals surface area contributed by atoms with E-state index in [0.29, 0.717) is 17.1 Å². The zero-order valence-electron chi connectivity index (χ0n) is 12.9. The van der Waals surface area contributed by atoms with Crippen molar-refractivity contribution >= 4 is 29.0 Å². The molecule has 0 aliphatic carbocycles. The van der Waals surface area contributed by atoms with Crippen molar-refractivity contribution in [1.82, 2.24) is 9.88 Å². The smallest absolute Gasteiger partial charge is 0.268 e. The summed E-state index contributed by atoms with van der Waals surface area (Å²) in [5, 5.41) is -0.240. The van der Waals surface area contributed by atoms with Gasteiger partial charge >= 0.3 is 0 Å². The van der Waals surface area contributed by atoms with Gasteiger partial charge in [-0.25, -0.2) is 0 Å². The molecule has 1 aliphatic rings. The summed E-state index contributed by atoms with van der Waals surface area (Å²) in [5.74, 6) is -0.259. The van der Waals surface area contributed by atoms with E-state index in [9.17, 15) is 9.59 Å². The van der Waals surface area contributed by atoms with Gasteiger partial charge in [0.15, 0.2) is 0 Å². The predicted octanol–water partition coefficient (Wildman–Crippen LogP) is 3.93. The quantitative estimate of drug-likeness (QED) is 0.803. The number of rotatable bonds is 3. The molecule has 1 fully saturated rings. The number of pyridine rings is 1. The molecule has 5 heteroatoms. The zero-order valence-corrected chi connectivity index (χ0v) is 13.8. The molecule has 1 aliphatic heterocycles. The molecule has 2 heterocycles. The SMILES string of the molecule is Cc1cccc(CN2C(=O)S/C(=C/c3cccc(C)n3)C2=O)c1. The molecule has 116 valence electrons. The lowest BCUT2D eigenvalue weighted by atomic mass is 10.1. The third-order valence-electron chi connectivity index (χ3n) is 3.49. The first-order valence-corrected chi connectivity index (χ1v) is 8.09. The van der Waals surface area contributed by atoms with Crippen molar-refractivity contribution in [3.8, 4) is 0 Å². The Labute approximate surface area is 139 Å². The van der Waals surface area contributed by atoms with Crippen LogP contribution in [0.4, 0.5) is 4.79 Å². The number of aromatic nitrogens is 1. The standard InChI is InChI=1S/C18H16N2O2S/c1-12-5-3-7-14(9-12)11-20-17(21)16(23-18(20)22)10-15-8-4-6-13(2)19-15/h3-10H,11H2,1-2H3/b16-10+. The van der Waals surface area contributed by atoms with E-state index in [1.54, 1.807) is 6.08 Å². The average molecular weight is 324 g/mol. The minimum Gasteiger partial charge on any atom is -0.268 e. The second kappa shape index (κ2) is 6.38. The fourth-order valence-electron chi connectivity index (χ4n) is 2.41. The largest absolute Gasteiger partial charge is 0.293 e. The molecule has 0 saturated carbocycles. The minimum absolute atomic E-state index is 0.240. The maximum absolute atomic E-state index is 12.5. The van der Waals surface area contributed by atoms with Gasteiger partial charge in [-0.15, -0.1) is 0 Å². The van der Waals surface area contributed by atoms with Crippen molar-refractivity contribution in [1.29, 1.82) is 0 Å². The molecular weight excluding hydrogens is 308 g/mol. The molecule has 2 aromatic rings. The van der Waals surface area contributed by atoms with E-state index in [1.807, 2.05) is 56.3 Å². The fraction of sp³-hybridized carbons (Fsp3) is 0.167. The third-order valence-corrected chi connectivity index (χ3v) is 4.39. The van der Waals surface area contributed by atoms with Crippen molar-refractivity contribution in [2.24, 2.45) is 0 Å². The molecular formula is C18H16N2O2S. The molecule has 0 unspecified atom stereocenters. The summed E-state index contributed by atoms with van der Waals surface area (Å²) in [6, 6.07) is 13.4. The highest BCUT2D eigenvalue weighted by molar-refractivity contribution is 8.18. The van der Waals surface area contributed by atoms with Gasteiger partial charge in [-0.2, -0.15) is 0 Å². The van der Waals surface area contributed by atoms with Gasteiger partial charge in [0, 0.05) is 5.69 Å². The first-order chi connectivity index (χ1) is 11.0. The average Bonchev–Trinajstić information content (AvgIpc) is 2.75. The van der Waals surface area contributed by atoms with Crippen molar-refractivity contribution in [2.45, 2.75) is 20.4 Å². The molecule has 1 aromatic carbocycles. The van der Waals surface area contributed by atoms with Crippen LogP contribution in [0.25, 0.3) is 6.08 Å². The van der Waals surface area contributed by atoms with Gasteiger partial charge in [0.1, 0.15) is 0 Å². The molecule has 0 radical (unpaired) electrons. The molecule has 0 bridgehead atoms. The summed E-state index contributed by atoms with van der Waals surface area (Å²) in [4.78, 5) is 30.7. The first-order valence-electron chi connectivity index (χ1n) is 7.27. The lowest BCUT2D eigenvalue weighted by Crippen LogP contribution is -2.27. The maximum Gasteiger partial charge on any atom is 0.293 e. The van der Waals surface area contributed by atoms with E-state index in [4.69, 9.17) is 0 Å². The van der Waals surface area contributed by atoms with Gasteiger partial charge in [-0.05, 0) is 49.4 Å². The highest BCUT2D eigenvalue weighted by Gasteiger charge is 2.35. The number of hydrogen-bond acceptors (Lipinski definition) is 4. The molecule has 0 atom stereocenters. The molecule has 2 amide bonds. The fourth-order valence-corrected chi connectivity index (χ4v) is 3.23. The van der Waals surface area contributed by atoms with E-state index >= 15 is 0 Å². The van der Waals surface area contributed by atoms with Gasteiger partial charge in [0.25, 0.3) is 11.1 Å². The highest BCUT2D eigenvalue weighted by Crippen LogP contribution is 2.33. The van der Waals surface area contributed by atoms with E-state index in [1.165, 1.54) is 4.90 Å². The lowest BCUT2D eigenvalue weighted by molar-refractivity contribution is -0.123. The summed E-state index contributed by atoms with van der Waals surface area (Å²) in [5.41, 5.74) is 3.61. The number of thioether (sulfide) groups is 1. The molecule has 0 spiro atoms. The summed E-state index contributed by atoms with van der Waals surface area (Å²) in [7, 11) is 0. The second-order valence-electron chi connectivity index (χ2n) is 5.46. The number of hydrogen-bond donors (Lipinski definition) is 0. The molecule has 0 N–H and O–H groups in total. The van der Waals surface area contributed by atoms with Crippen molar-refractivity contribution < 1.29 is 9.59 Å². The Morgan fingerprint density at radius 3 is 2.65 bits per heavy atom. The Kier molecular flexibility index (Phi) is 4.30. The Morgan fingerprint density at radius 1 is 1.13 bits per heavy atom. The summed E-state index contributed by atoms with van der Waals surface area (Å²) < 4.78 is 0. The number of imide groups is 1. The third kappa shape index (κ3) is 3.51. The molecule has 1 saturated heterocycles. The van der Waals surface area contributed by atoms with Crippen LogP contribution < -0.4 is 0 Å². The Balaban J connectivity index is 1.82. The first kappa shape index (κ1) is 15.5. The van der Waals surface area contributed by atoms with Crippen LogP contribution in [0.15, 0.2) is 47.4 Å². The highest BCUT2D eigenvalue weighted by atomic mass is 32.2. The van der Waals surface area contributed by atoms with E-state index < -0.39 is 0 Å². The van der Waals surface area contributed by atoms with E-state index in [2.05, 4.69) is 4.98 Å². The number of carbonyl (C=O) groups excluding carboxylic acids is 2. The van der Waals surface area contributed by atoms with E-state index in [0.717, 1.165) is 28.6 Å². The van der Waals surface area contributed by atoms with Gasteiger partial charge in [0.05, 0.1) is 17.1 Å². The normalized spacial score (nSPS) is 16.4. The van der Waals surface area contributed by atoms with Crippen LogP contribution in [0, 0.1) is 13.8 Å². The number of amides is 2. The van der Waals surface area contributed by atoms with Gasteiger partial charge in [-0.1, -0.05) is 35.9 Å². The number of nitrogens with zero attached hydrogens (tertiary/aromatic N) is 2. The number of benzene rings is 1. The second-order valence-corrected chi connectivity index (χ2v) is 6.45. The summed E-state index contributed by atoms with van der Waals surface area (Å²) in [6.07, 6.45) is 1.67. The van der Waals surface area contributed by atoms with Gasteiger partial charge in [-0.3, -0.25) is 19.5 Å². The molecule has 3 rings (SSSR count). The number of aryl methyl sites for hydroxylation is 2. The molecule has 4 nitrogen and oxygen atoms in total. The van der Waals surface area contributed by atoms with Crippen molar-refractivity contribution in [2.75, 3.05) is 0 Å². The molecule has 23 heavy (non-hydrogen) atoms. The predicted molar refractivity (Wildman–Crippen MR) is 91.7 cm³/mol. The topological polar surface area (TPSA) is 50.3 Å². The van der Waals surface area contributed by atoms with Crippen LogP contribution >= 0.6 is 11.8 Å². The van der Waals surface area contributed by atoms with Crippen LogP contribution in [0.5, 0.6) is 0 Å². The maximum atomic E-state index is 12.5. The number of carbonyl (C=O) groups is 2. The van der Waals surface area contributed by atoms with E-state index in [-0.39, 0.29) is 11.1 Å². The minimum atomic E-state index is -0.259. The monoisotopic (exact) mass is 324 g/mol. The Bertz CT molecular complexity index is 814. The Morgan fingerprint density at radius 2 is 1.91 bits per heavy atom. The summed E-state index contributed by atoms with van der Waals surface area (Å²) >= 11 is 0.964.